The lowest BCUT2D eigenvalue weighted by atomic mass is 10.1. The van der Waals surface area contributed by atoms with Crippen molar-refractivity contribution in [3.05, 3.63) is 58.6 Å². The molecule has 0 unspecified atom stereocenters. The fraction of sp³-hybridized carbons (Fsp3) is 0.458. The topological polar surface area (TPSA) is 79.0 Å². The van der Waals surface area contributed by atoms with Crippen molar-refractivity contribution >= 4 is 33.2 Å². The van der Waals surface area contributed by atoms with Crippen molar-refractivity contribution in [3.8, 4) is 5.75 Å². The van der Waals surface area contributed by atoms with Crippen LogP contribution in [0.2, 0.25) is 5.02 Å². The first-order chi connectivity index (χ1) is 15.7. The number of ether oxygens (including phenoxy) is 1. The van der Waals surface area contributed by atoms with Crippen LogP contribution in [0.3, 0.4) is 0 Å². The maximum Gasteiger partial charge on any atom is 0.244 e. The van der Waals surface area contributed by atoms with Gasteiger partial charge in [-0.1, -0.05) is 42.8 Å². The molecule has 0 radical (unpaired) electrons. The summed E-state index contributed by atoms with van der Waals surface area (Å²) in [6.45, 7) is 5.12. The molecule has 1 aliphatic heterocycles. The van der Waals surface area contributed by atoms with Gasteiger partial charge in [0.15, 0.2) is 0 Å². The summed E-state index contributed by atoms with van der Waals surface area (Å²) in [5.41, 5.74) is 2.44. The number of rotatable bonds is 10. The maximum absolute atomic E-state index is 13.2. The molecule has 0 spiro atoms. The first-order valence-electron chi connectivity index (χ1n) is 11.1. The predicted molar refractivity (Wildman–Crippen MR) is 132 cm³/mol. The zero-order valence-electron chi connectivity index (χ0n) is 19.4. The third kappa shape index (κ3) is 6.40. The van der Waals surface area contributed by atoms with E-state index in [0.717, 1.165) is 35.8 Å². The summed E-state index contributed by atoms with van der Waals surface area (Å²) in [6.07, 6.45) is 3.79. The van der Waals surface area contributed by atoms with Gasteiger partial charge in [-0.3, -0.25) is 14.0 Å². The fourth-order valence-corrected chi connectivity index (χ4v) is 5.61. The highest BCUT2D eigenvalue weighted by atomic mass is 35.5. The zero-order valence-corrected chi connectivity index (χ0v) is 21.0. The number of methoxy groups -OCH3 is 1. The molecule has 0 saturated carbocycles. The molecule has 9 heteroatoms. The van der Waals surface area contributed by atoms with Gasteiger partial charge in [0, 0.05) is 18.1 Å². The van der Waals surface area contributed by atoms with E-state index in [-0.39, 0.29) is 18.0 Å². The van der Waals surface area contributed by atoms with Crippen LogP contribution in [0.4, 0.5) is 5.69 Å². The van der Waals surface area contributed by atoms with Gasteiger partial charge in [-0.05, 0) is 61.7 Å². The third-order valence-corrected chi connectivity index (χ3v) is 7.27. The SMILES string of the molecule is CC[C@H](C(=O)NCc1ccccc1CN1CCCC1)N(c1cc(Cl)ccc1OC)S(C)(=O)=O. The Morgan fingerprint density at radius 3 is 2.45 bits per heavy atom. The molecule has 2 aromatic carbocycles. The van der Waals surface area contributed by atoms with Gasteiger partial charge in [0.25, 0.3) is 0 Å². The standard InChI is InChI=1S/C24H32ClN3O4S/c1-4-21(28(33(3,30)31)22-15-20(25)11-12-23(22)32-2)24(29)26-16-18-9-5-6-10-19(18)17-27-13-7-8-14-27/h5-6,9-12,15,21H,4,7-8,13-14,16-17H2,1-3H3,(H,26,29)/t21-/m1/s1. The van der Waals surface area contributed by atoms with E-state index in [9.17, 15) is 13.2 Å². The number of nitrogens with one attached hydrogen (secondary N) is 1. The number of hydrogen-bond acceptors (Lipinski definition) is 5. The number of halogens is 1. The Balaban J connectivity index is 1.82. The van der Waals surface area contributed by atoms with Crippen molar-refractivity contribution < 1.29 is 17.9 Å². The summed E-state index contributed by atoms with van der Waals surface area (Å²) < 4.78 is 32.0. The first kappa shape index (κ1) is 25.3. The molecular formula is C24H32ClN3O4S. The lowest BCUT2D eigenvalue weighted by Gasteiger charge is -2.31. The molecule has 1 atom stereocenters. The van der Waals surface area contributed by atoms with Crippen LogP contribution in [-0.2, 0) is 27.9 Å². The molecule has 180 valence electrons. The van der Waals surface area contributed by atoms with Gasteiger partial charge in [-0.25, -0.2) is 8.42 Å². The molecule has 33 heavy (non-hydrogen) atoms. The molecular weight excluding hydrogens is 462 g/mol. The van der Waals surface area contributed by atoms with Crippen molar-refractivity contribution in [3.63, 3.8) is 0 Å². The Kier molecular flexibility index (Phi) is 8.62. The second-order valence-electron chi connectivity index (χ2n) is 8.27. The van der Waals surface area contributed by atoms with Gasteiger partial charge in [-0.15, -0.1) is 0 Å². The van der Waals surface area contributed by atoms with Crippen molar-refractivity contribution in [1.82, 2.24) is 10.2 Å². The molecule has 3 rings (SSSR count). The van der Waals surface area contributed by atoms with Crippen LogP contribution >= 0.6 is 11.6 Å². The van der Waals surface area contributed by atoms with E-state index in [0.29, 0.717) is 17.3 Å². The third-order valence-electron chi connectivity index (χ3n) is 5.87. The van der Waals surface area contributed by atoms with Crippen LogP contribution in [0.5, 0.6) is 5.75 Å². The Hall–Kier alpha value is -2.29. The molecule has 0 aromatic heterocycles. The van der Waals surface area contributed by atoms with Crippen molar-refractivity contribution in [1.29, 1.82) is 0 Å². The molecule has 1 aliphatic rings. The second-order valence-corrected chi connectivity index (χ2v) is 10.6. The molecule has 1 amide bonds. The first-order valence-corrected chi connectivity index (χ1v) is 13.4. The van der Waals surface area contributed by atoms with Crippen LogP contribution < -0.4 is 14.4 Å². The summed E-state index contributed by atoms with van der Waals surface area (Å²) in [5.74, 6) is -0.0482. The van der Waals surface area contributed by atoms with E-state index in [4.69, 9.17) is 16.3 Å². The van der Waals surface area contributed by atoms with Crippen LogP contribution in [-0.4, -0.2) is 51.7 Å². The predicted octanol–water partition coefficient (Wildman–Crippen LogP) is 3.81. The van der Waals surface area contributed by atoms with Gasteiger partial charge in [0.1, 0.15) is 11.8 Å². The van der Waals surface area contributed by atoms with Gasteiger partial charge in [-0.2, -0.15) is 0 Å². The summed E-state index contributed by atoms with van der Waals surface area (Å²) in [7, 11) is -2.35. The smallest absolute Gasteiger partial charge is 0.244 e. The Morgan fingerprint density at radius 2 is 1.85 bits per heavy atom. The van der Waals surface area contributed by atoms with Crippen LogP contribution in [0, 0.1) is 0 Å². The molecule has 1 fully saturated rings. The Bertz CT molecular complexity index is 1070. The van der Waals surface area contributed by atoms with Crippen molar-refractivity contribution in [2.45, 2.75) is 45.3 Å². The minimum atomic E-state index is -3.80. The summed E-state index contributed by atoms with van der Waals surface area (Å²) in [5, 5.41) is 3.30. The molecule has 1 heterocycles. The lowest BCUT2D eigenvalue weighted by Crippen LogP contribution is -2.49. The average Bonchev–Trinajstić information content (AvgIpc) is 3.28. The second kappa shape index (κ2) is 11.2. The number of benzene rings is 2. The number of carbonyl (C=O) groups excluding carboxylic acids is 1. The van der Waals surface area contributed by atoms with E-state index in [2.05, 4.69) is 16.3 Å². The highest BCUT2D eigenvalue weighted by Crippen LogP contribution is 2.34. The summed E-state index contributed by atoms with van der Waals surface area (Å²) >= 11 is 6.14. The molecule has 7 nitrogen and oxygen atoms in total. The maximum atomic E-state index is 13.2. The lowest BCUT2D eigenvalue weighted by molar-refractivity contribution is -0.122. The Labute approximate surface area is 201 Å². The quantitative estimate of drug-likeness (QED) is 0.544. The van der Waals surface area contributed by atoms with Crippen molar-refractivity contribution in [2.75, 3.05) is 30.8 Å². The van der Waals surface area contributed by atoms with Gasteiger partial charge >= 0.3 is 0 Å². The van der Waals surface area contributed by atoms with E-state index >= 15 is 0 Å². The molecule has 2 aromatic rings. The van der Waals surface area contributed by atoms with Crippen LogP contribution in [0.15, 0.2) is 42.5 Å². The Morgan fingerprint density at radius 1 is 1.18 bits per heavy atom. The van der Waals surface area contributed by atoms with Crippen molar-refractivity contribution in [2.24, 2.45) is 0 Å². The van der Waals surface area contributed by atoms with E-state index in [1.807, 2.05) is 18.2 Å². The minimum Gasteiger partial charge on any atom is -0.495 e. The van der Waals surface area contributed by atoms with Crippen LogP contribution in [0.1, 0.15) is 37.3 Å². The van der Waals surface area contributed by atoms with Gasteiger partial charge in [0.05, 0.1) is 19.1 Å². The highest BCUT2D eigenvalue weighted by molar-refractivity contribution is 7.92. The summed E-state index contributed by atoms with van der Waals surface area (Å²) in [4.78, 5) is 15.7. The molecule has 0 bridgehead atoms. The summed E-state index contributed by atoms with van der Waals surface area (Å²) in [6, 6.07) is 11.8. The zero-order chi connectivity index (χ0) is 24.0. The number of likely N-dealkylation sites (tertiary alicyclic amines) is 1. The van der Waals surface area contributed by atoms with E-state index in [1.165, 1.54) is 31.6 Å². The number of hydrogen-bond donors (Lipinski definition) is 1. The number of carbonyl (C=O) groups is 1. The largest absolute Gasteiger partial charge is 0.495 e. The van der Waals surface area contributed by atoms with Crippen LogP contribution in [0.25, 0.3) is 0 Å². The number of amides is 1. The highest BCUT2D eigenvalue weighted by Gasteiger charge is 2.33. The van der Waals surface area contributed by atoms with Gasteiger partial charge in [0.2, 0.25) is 15.9 Å². The van der Waals surface area contributed by atoms with E-state index in [1.54, 1.807) is 19.1 Å². The molecule has 1 N–H and O–H groups in total. The normalized spacial score (nSPS) is 15.3. The number of anilines is 1. The van der Waals surface area contributed by atoms with Gasteiger partial charge < -0.3 is 10.1 Å². The minimum absolute atomic E-state index is 0.240. The fourth-order valence-electron chi connectivity index (χ4n) is 4.24. The average molecular weight is 494 g/mol. The number of sulfonamides is 1. The molecule has 0 aliphatic carbocycles. The monoisotopic (exact) mass is 493 g/mol. The van der Waals surface area contributed by atoms with E-state index < -0.39 is 16.1 Å². The number of nitrogens with zero attached hydrogens (tertiary/aromatic N) is 2. The molecule has 1 saturated heterocycles.